The Morgan fingerprint density at radius 3 is 2.23 bits per heavy atom. The molecule has 0 aromatic heterocycles. The van der Waals surface area contributed by atoms with Gasteiger partial charge in [0.1, 0.15) is 28.6 Å². The number of phenols is 2. The molecule has 1 spiro atoms. The van der Waals surface area contributed by atoms with E-state index in [2.05, 4.69) is 24.1 Å². The molecule has 332 valence electrons. The predicted molar refractivity (Wildman–Crippen MR) is 228 cm³/mol. The molecule has 1 saturated heterocycles. The fourth-order valence-electron chi connectivity index (χ4n) is 9.20. The van der Waals surface area contributed by atoms with Crippen molar-refractivity contribution in [2.24, 2.45) is 39.6 Å². The molecular weight excluding hydrogens is 785 g/mol. The van der Waals surface area contributed by atoms with E-state index in [0.29, 0.717) is 31.8 Å². The Morgan fingerprint density at radius 1 is 0.967 bits per heavy atom. The number of aliphatic hydroxyl groups is 2. The van der Waals surface area contributed by atoms with E-state index in [1.54, 1.807) is 59.8 Å². The molecule has 1 fully saturated rings. The Kier molecular flexibility index (Phi) is 13.1. The second kappa shape index (κ2) is 17.5. The van der Waals surface area contributed by atoms with Crippen molar-refractivity contribution in [2.45, 2.75) is 118 Å². The van der Waals surface area contributed by atoms with Crippen molar-refractivity contribution in [3.05, 3.63) is 58.0 Å². The molecule has 0 unspecified atom stereocenters. The number of fused-ring (bicyclic) bond motifs is 1. The van der Waals surface area contributed by atoms with Crippen LogP contribution in [0.3, 0.4) is 0 Å². The highest BCUT2D eigenvalue weighted by Gasteiger charge is 2.50. The average molecular weight is 847 g/mol. The first-order valence-electron chi connectivity index (χ1n) is 21.2. The Balaban J connectivity index is 1.53. The number of aliphatic hydroxyl groups excluding tert-OH is 2. The molecule has 1 amide bonds. The van der Waals surface area contributed by atoms with Crippen LogP contribution in [0.5, 0.6) is 17.2 Å². The summed E-state index contributed by atoms with van der Waals surface area (Å²) in [5.41, 5.74) is -0.571. The number of Topliss-reactive ketones (excluding diaryl/α,β-unsaturated/α-hetero) is 1. The van der Waals surface area contributed by atoms with Crippen LogP contribution in [0.15, 0.2) is 46.1 Å². The molecule has 61 heavy (non-hydrogen) atoms. The number of anilines is 1. The van der Waals surface area contributed by atoms with Gasteiger partial charge in [-0.3, -0.25) is 24.4 Å². The van der Waals surface area contributed by atoms with E-state index in [-0.39, 0.29) is 55.4 Å². The predicted octanol–water partition coefficient (Wildman–Crippen LogP) is 4.75. The van der Waals surface area contributed by atoms with Gasteiger partial charge in [-0.1, -0.05) is 59.8 Å². The fourth-order valence-corrected chi connectivity index (χ4v) is 9.20. The summed E-state index contributed by atoms with van der Waals surface area (Å²) in [6.45, 7) is 19.5. The number of nitrogens with one attached hydrogen (secondary N) is 1. The molecular formula is C46H62N4O11. The number of rotatable bonds is 4. The number of hydrogen-bond donors (Lipinski definition) is 5. The van der Waals surface area contributed by atoms with Crippen LogP contribution < -0.4 is 20.8 Å². The zero-order valence-corrected chi connectivity index (χ0v) is 37.1. The van der Waals surface area contributed by atoms with Crippen LogP contribution in [-0.4, -0.2) is 106 Å². The molecule has 0 saturated carbocycles. The number of ketones is 1. The van der Waals surface area contributed by atoms with Crippen molar-refractivity contribution in [1.29, 1.82) is 0 Å². The van der Waals surface area contributed by atoms with Crippen LogP contribution >= 0.6 is 0 Å². The molecule has 2 aromatic carbocycles. The zero-order chi connectivity index (χ0) is 44.9. The van der Waals surface area contributed by atoms with Crippen LogP contribution in [0.25, 0.3) is 10.8 Å². The minimum absolute atomic E-state index is 0.0392. The van der Waals surface area contributed by atoms with Gasteiger partial charge in [0.2, 0.25) is 0 Å². The normalized spacial score (nSPS) is 32.7. The molecule has 15 heteroatoms. The van der Waals surface area contributed by atoms with Gasteiger partial charge in [-0.2, -0.15) is 0 Å². The fraction of sp³-hybridized carbons (Fsp3) is 0.587. The maximum Gasteiger partial charge on any atom is 0.312 e. The summed E-state index contributed by atoms with van der Waals surface area (Å²) in [5.74, 6) is -6.44. The topological polar surface area (TPSA) is 209 Å². The summed E-state index contributed by atoms with van der Waals surface area (Å²) < 4.78 is 23.8. The lowest BCUT2D eigenvalue weighted by molar-refractivity contribution is -0.161. The van der Waals surface area contributed by atoms with E-state index in [1.165, 1.54) is 33.3 Å². The lowest BCUT2D eigenvalue weighted by Crippen LogP contribution is -2.46. The van der Waals surface area contributed by atoms with E-state index in [1.807, 2.05) is 0 Å². The van der Waals surface area contributed by atoms with E-state index >= 15 is 0 Å². The van der Waals surface area contributed by atoms with Crippen LogP contribution in [0.2, 0.25) is 0 Å². The first-order chi connectivity index (χ1) is 28.6. The number of piperidine rings is 1. The number of amides is 1. The number of nitrogens with zero attached hydrogens (tertiary/aromatic N) is 3. The molecule has 4 heterocycles. The number of aromatic hydroxyl groups is 2. The first kappa shape index (κ1) is 45.7. The number of carbonyl (C=O) groups is 3. The lowest BCUT2D eigenvalue weighted by Gasteiger charge is -2.38. The Bertz CT molecular complexity index is 2300. The Morgan fingerprint density at radius 2 is 1.61 bits per heavy atom. The Hall–Kier alpha value is -4.83. The van der Waals surface area contributed by atoms with E-state index < -0.39 is 82.9 Å². The van der Waals surface area contributed by atoms with Gasteiger partial charge in [0.25, 0.3) is 11.7 Å². The maximum absolute atomic E-state index is 14.7. The van der Waals surface area contributed by atoms with Crippen LogP contribution in [-0.2, 0) is 23.8 Å². The van der Waals surface area contributed by atoms with Gasteiger partial charge in [-0.05, 0) is 25.8 Å². The van der Waals surface area contributed by atoms with Gasteiger partial charge in [0.05, 0.1) is 40.9 Å². The number of allylic oxidation sites excluding steroid dienone is 2. The third kappa shape index (κ3) is 8.54. The molecule has 4 bridgehead atoms. The van der Waals surface area contributed by atoms with Gasteiger partial charge in [-0.15, -0.1) is 0 Å². The summed E-state index contributed by atoms with van der Waals surface area (Å²) >= 11 is 0. The number of likely N-dealkylation sites (tertiary alicyclic amines) is 1. The number of hydrogen-bond acceptors (Lipinski definition) is 14. The van der Waals surface area contributed by atoms with Gasteiger partial charge < -0.3 is 49.6 Å². The number of benzene rings is 2. The highest BCUT2D eigenvalue weighted by atomic mass is 16.7. The number of carbonyl (C=O) groups excluding carboxylic acids is 3. The van der Waals surface area contributed by atoms with Crippen molar-refractivity contribution in [2.75, 3.05) is 32.1 Å². The molecule has 0 aliphatic carbocycles. The summed E-state index contributed by atoms with van der Waals surface area (Å²) in [6.07, 6.45) is 5.03. The van der Waals surface area contributed by atoms with Crippen molar-refractivity contribution < 1.29 is 53.8 Å². The molecule has 2 aromatic rings. The molecule has 6 rings (SSSR count). The maximum atomic E-state index is 14.7. The third-order valence-electron chi connectivity index (χ3n) is 12.9. The SMILES string of the molecule is CO[C@H]1/C=C/O[C@@]2(C)Oc3c(C)c(O)c4c(O)c(c5c(c4c3C2=O)=NC2(CCN(CC(C)C)CC2)N=5)NC(=O)/C(C)=C/C=C/[C@H](C)[C@H](O)[C@@H](C)[C@@H](OC(C)=O)[C@@H](C)[C@H](O)[C@@H]1C. The third-order valence-corrected chi connectivity index (χ3v) is 12.9. The highest BCUT2D eigenvalue weighted by molar-refractivity contribution is 6.19. The van der Waals surface area contributed by atoms with E-state index in [9.17, 15) is 34.8 Å². The number of phenolic OH excluding ortho intramolecular Hbond substituents is 2. The minimum atomic E-state index is -1.95. The summed E-state index contributed by atoms with van der Waals surface area (Å²) in [5, 5.41) is 50.4. The summed E-state index contributed by atoms with van der Waals surface area (Å²) in [7, 11) is 1.46. The largest absolute Gasteiger partial charge is 0.507 e. The van der Waals surface area contributed by atoms with Crippen LogP contribution in [0.1, 0.15) is 91.1 Å². The molecule has 9 atom stereocenters. The summed E-state index contributed by atoms with van der Waals surface area (Å²) in [4.78, 5) is 53.6. The van der Waals surface area contributed by atoms with Crippen LogP contribution in [0, 0.1) is 36.5 Å². The van der Waals surface area contributed by atoms with Crippen molar-refractivity contribution in [3.8, 4) is 17.2 Å². The smallest absolute Gasteiger partial charge is 0.312 e. The quantitative estimate of drug-likeness (QED) is 0.209. The van der Waals surface area contributed by atoms with Crippen LogP contribution in [0.4, 0.5) is 5.69 Å². The molecule has 4 aliphatic rings. The average Bonchev–Trinajstić information content (AvgIpc) is 3.71. The summed E-state index contributed by atoms with van der Waals surface area (Å²) in [6, 6.07) is 0. The highest BCUT2D eigenvalue weighted by Crippen LogP contribution is 2.50. The second-order valence-corrected chi connectivity index (χ2v) is 18.0. The monoisotopic (exact) mass is 846 g/mol. The number of ether oxygens (including phenoxy) is 4. The minimum Gasteiger partial charge on any atom is -0.507 e. The van der Waals surface area contributed by atoms with Crippen molar-refractivity contribution in [3.63, 3.8) is 0 Å². The Labute approximate surface area is 356 Å². The molecule has 0 radical (unpaired) electrons. The van der Waals surface area contributed by atoms with Crippen molar-refractivity contribution >= 4 is 34.1 Å². The van der Waals surface area contributed by atoms with Gasteiger partial charge in [0, 0.05) is 93.6 Å². The van der Waals surface area contributed by atoms with Gasteiger partial charge in [0.15, 0.2) is 11.4 Å². The van der Waals surface area contributed by atoms with Gasteiger partial charge >= 0.3 is 11.8 Å². The zero-order valence-electron chi connectivity index (χ0n) is 37.1. The first-order valence-corrected chi connectivity index (χ1v) is 21.2. The standard InChI is InChI=1S/C46H62N4O11/c1-22(2)21-50-18-16-46(17-19-50)48-34-31-32-39(54)28(8)42-33(31)43(56)45(10,61-42)59-20-15-30(58-11)25(5)38(53)27(7)41(60-29(9)51)26(6)37(52)23(3)13-12-14-24(4)44(57)47-36(40(32)55)35(34)49-46/h12-15,20,22-23,25-27,30,37-38,41,52-55H,16-19,21H2,1-11H3,(H,47,57)/b13-12+,20-15+,24-14+/t23-,25+,26+,27-,30-,37-,38+,41+,45-/m0/s1. The molecule has 4 aliphatic heterocycles. The number of methoxy groups -OCH3 is 1. The second-order valence-electron chi connectivity index (χ2n) is 18.0. The van der Waals surface area contributed by atoms with E-state index in [4.69, 9.17) is 28.9 Å². The number of esters is 1. The lowest BCUT2D eigenvalue weighted by atomic mass is 9.78. The van der Waals surface area contributed by atoms with E-state index in [0.717, 1.165) is 6.54 Å². The molecule has 5 N–H and O–H groups in total. The van der Waals surface area contributed by atoms with Gasteiger partial charge in [-0.25, -0.2) is 0 Å². The van der Waals surface area contributed by atoms with Crippen molar-refractivity contribution in [1.82, 2.24) is 4.90 Å². The molecule has 15 nitrogen and oxygen atoms in total.